The molecular weight excluding hydrogens is 146 g/mol. The van der Waals surface area contributed by atoms with Crippen molar-refractivity contribution in [3.05, 3.63) is 0 Å². The minimum atomic E-state index is 0.819. The summed E-state index contributed by atoms with van der Waals surface area (Å²) in [5, 5.41) is 3.44. The summed E-state index contributed by atoms with van der Waals surface area (Å²) in [7, 11) is 2.11. The van der Waals surface area contributed by atoms with Crippen molar-refractivity contribution in [1.82, 2.24) is 5.32 Å². The lowest BCUT2D eigenvalue weighted by Crippen LogP contribution is -2.29. The van der Waals surface area contributed by atoms with Crippen molar-refractivity contribution in [3.8, 4) is 0 Å². The molecule has 0 aliphatic heterocycles. The van der Waals surface area contributed by atoms with Crippen molar-refractivity contribution in [2.75, 3.05) is 7.05 Å². The van der Waals surface area contributed by atoms with Crippen LogP contribution in [0.1, 0.15) is 46.0 Å². The average molecular weight is 169 g/mol. The number of hydrogen-bond donors (Lipinski definition) is 1. The molecule has 1 rings (SSSR count). The molecule has 0 aromatic heterocycles. The molecule has 0 radical (unpaired) electrons. The Labute approximate surface area is 76.9 Å². The molecule has 12 heavy (non-hydrogen) atoms. The summed E-state index contributed by atoms with van der Waals surface area (Å²) in [4.78, 5) is 0. The lowest BCUT2D eigenvalue weighted by atomic mass is 9.90. The van der Waals surface area contributed by atoms with Crippen molar-refractivity contribution in [1.29, 1.82) is 0 Å². The van der Waals surface area contributed by atoms with Gasteiger partial charge in [0.1, 0.15) is 0 Å². The van der Waals surface area contributed by atoms with Crippen LogP contribution in [0.25, 0.3) is 0 Å². The first-order valence-electron chi connectivity index (χ1n) is 5.45. The molecule has 0 aromatic rings. The van der Waals surface area contributed by atoms with Crippen molar-refractivity contribution in [3.63, 3.8) is 0 Å². The predicted octanol–water partition coefficient (Wildman–Crippen LogP) is 2.81. The van der Waals surface area contributed by atoms with Gasteiger partial charge < -0.3 is 5.32 Å². The Morgan fingerprint density at radius 3 is 2.75 bits per heavy atom. The van der Waals surface area contributed by atoms with Gasteiger partial charge in [0, 0.05) is 6.04 Å². The van der Waals surface area contributed by atoms with E-state index in [1.165, 1.54) is 32.1 Å². The van der Waals surface area contributed by atoms with E-state index < -0.39 is 0 Å². The maximum absolute atomic E-state index is 3.44. The van der Waals surface area contributed by atoms with Crippen molar-refractivity contribution in [2.45, 2.75) is 52.0 Å². The van der Waals surface area contributed by atoms with E-state index in [1.54, 1.807) is 0 Å². The van der Waals surface area contributed by atoms with E-state index in [1.807, 2.05) is 0 Å². The fourth-order valence-electron chi connectivity index (χ4n) is 2.38. The molecular formula is C11H23N. The molecule has 72 valence electrons. The number of rotatable bonds is 4. The van der Waals surface area contributed by atoms with Gasteiger partial charge in [-0.3, -0.25) is 0 Å². The predicted molar refractivity (Wildman–Crippen MR) is 54.3 cm³/mol. The average Bonchev–Trinajstić information content (AvgIpc) is 2.51. The Morgan fingerprint density at radius 1 is 1.42 bits per heavy atom. The van der Waals surface area contributed by atoms with E-state index in [0.717, 1.165) is 17.9 Å². The molecule has 1 heteroatoms. The lowest BCUT2D eigenvalue weighted by molar-refractivity contribution is 0.335. The first-order chi connectivity index (χ1) is 5.77. The lowest BCUT2D eigenvalue weighted by Gasteiger charge is -2.21. The summed E-state index contributed by atoms with van der Waals surface area (Å²) in [6, 6.07) is 0.819. The minimum Gasteiger partial charge on any atom is -0.317 e. The van der Waals surface area contributed by atoms with E-state index in [2.05, 4.69) is 26.2 Å². The van der Waals surface area contributed by atoms with Crippen LogP contribution in [0.4, 0.5) is 0 Å². The quantitative estimate of drug-likeness (QED) is 0.682. The van der Waals surface area contributed by atoms with Crippen molar-refractivity contribution < 1.29 is 0 Å². The van der Waals surface area contributed by atoms with Crippen LogP contribution in [0.3, 0.4) is 0 Å². The zero-order valence-electron chi connectivity index (χ0n) is 8.77. The normalized spacial score (nSPS) is 32.2. The Balaban J connectivity index is 2.30. The van der Waals surface area contributed by atoms with Gasteiger partial charge in [-0.05, 0) is 38.1 Å². The van der Waals surface area contributed by atoms with Gasteiger partial charge >= 0.3 is 0 Å². The second-order valence-corrected chi connectivity index (χ2v) is 4.34. The van der Waals surface area contributed by atoms with Gasteiger partial charge in [-0.2, -0.15) is 0 Å². The molecule has 1 N–H and O–H groups in total. The maximum Gasteiger partial charge on any atom is 0.00924 e. The molecule has 0 amide bonds. The summed E-state index contributed by atoms with van der Waals surface area (Å²) in [6.45, 7) is 4.68. The van der Waals surface area contributed by atoms with Gasteiger partial charge in [0.15, 0.2) is 0 Å². The van der Waals surface area contributed by atoms with Crippen LogP contribution in [0.15, 0.2) is 0 Å². The van der Waals surface area contributed by atoms with Crippen LogP contribution in [0.5, 0.6) is 0 Å². The first-order valence-corrected chi connectivity index (χ1v) is 5.45. The topological polar surface area (TPSA) is 12.0 Å². The summed E-state index contributed by atoms with van der Waals surface area (Å²) >= 11 is 0. The molecule has 0 saturated heterocycles. The largest absolute Gasteiger partial charge is 0.317 e. The molecule has 3 unspecified atom stereocenters. The Kier molecular flexibility index (Phi) is 4.07. The highest BCUT2D eigenvalue weighted by Crippen LogP contribution is 2.31. The Bertz CT molecular complexity index is 122. The number of hydrogen-bond acceptors (Lipinski definition) is 1. The first kappa shape index (κ1) is 10.0. The van der Waals surface area contributed by atoms with Crippen molar-refractivity contribution in [2.24, 2.45) is 11.8 Å². The summed E-state index contributed by atoms with van der Waals surface area (Å²) < 4.78 is 0. The monoisotopic (exact) mass is 169 g/mol. The molecule has 1 nitrogen and oxygen atoms in total. The van der Waals surface area contributed by atoms with E-state index in [4.69, 9.17) is 0 Å². The molecule has 1 fully saturated rings. The molecule has 1 aliphatic rings. The van der Waals surface area contributed by atoms with E-state index in [0.29, 0.717) is 0 Å². The molecule has 3 atom stereocenters. The molecule has 1 aliphatic carbocycles. The van der Waals surface area contributed by atoms with E-state index in [-0.39, 0.29) is 0 Å². The molecule has 0 spiro atoms. The Hall–Kier alpha value is -0.0400. The zero-order valence-corrected chi connectivity index (χ0v) is 8.77. The highest BCUT2D eigenvalue weighted by molar-refractivity contribution is 4.82. The van der Waals surface area contributed by atoms with Crippen LogP contribution < -0.4 is 5.32 Å². The third-order valence-corrected chi connectivity index (χ3v) is 3.43. The van der Waals surface area contributed by atoms with Gasteiger partial charge in [-0.25, -0.2) is 0 Å². The highest BCUT2D eigenvalue weighted by Gasteiger charge is 2.26. The molecule has 1 saturated carbocycles. The van der Waals surface area contributed by atoms with Crippen LogP contribution in [-0.2, 0) is 0 Å². The van der Waals surface area contributed by atoms with Crippen LogP contribution >= 0.6 is 0 Å². The van der Waals surface area contributed by atoms with E-state index in [9.17, 15) is 0 Å². The summed E-state index contributed by atoms with van der Waals surface area (Å²) in [6.07, 6.45) is 7.06. The smallest absolute Gasteiger partial charge is 0.00924 e. The van der Waals surface area contributed by atoms with Gasteiger partial charge in [-0.15, -0.1) is 0 Å². The maximum atomic E-state index is 3.44. The Morgan fingerprint density at radius 2 is 2.17 bits per heavy atom. The van der Waals surface area contributed by atoms with Gasteiger partial charge in [0.05, 0.1) is 0 Å². The second-order valence-electron chi connectivity index (χ2n) is 4.34. The SMILES string of the molecule is CCC(C)CC1CCCC1NC. The fraction of sp³-hybridized carbons (Fsp3) is 1.00. The minimum absolute atomic E-state index is 0.819. The second kappa shape index (κ2) is 4.86. The summed E-state index contributed by atoms with van der Waals surface area (Å²) in [5.41, 5.74) is 0. The van der Waals surface area contributed by atoms with E-state index >= 15 is 0 Å². The fourth-order valence-corrected chi connectivity index (χ4v) is 2.38. The summed E-state index contributed by atoms with van der Waals surface area (Å²) in [5.74, 6) is 1.88. The van der Waals surface area contributed by atoms with Crippen LogP contribution in [-0.4, -0.2) is 13.1 Å². The van der Waals surface area contributed by atoms with Crippen LogP contribution in [0.2, 0.25) is 0 Å². The van der Waals surface area contributed by atoms with Crippen molar-refractivity contribution >= 4 is 0 Å². The molecule has 0 bridgehead atoms. The zero-order chi connectivity index (χ0) is 8.97. The van der Waals surface area contributed by atoms with Gasteiger partial charge in [-0.1, -0.05) is 26.7 Å². The van der Waals surface area contributed by atoms with Gasteiger partial charge in [0.2, 0.25) is 0 Å². The molecule has 0 aromatic carbocycles. The van der Waals surface area contributed by atoms with Gasteiger partial charge in [0.25, 0.3) is 0 Å². The third-order valence-electron chi connectivity index (χ3n) is 3.43. The molecule has 0 heterocycles. The number of nitrogens with one attached hydrogen (secondary N) is 1. The highest BCUT2D eigenvalue weighted by atomic mass is 14.9. The standard InChI is InChI=1S/C11H23N/c1-4-9(2)8-10-6-5-7-11(10)12-3/h9-12H,4-8H2,1-3H3. The third kappa shape index (κ3) is 2.48. The van der Waals surface area contributed by atoms with Crippen LogP contribution in [0, 0.1) is 11.8 Å².